The minimum atomic E-state index is -4.29. The second kappa shape index (κ2) is 6.34. The van der Waals surface area contributed by atoms with Crippen LogP contribution in [0, 0.1) is 0 Å². The van der Waals surface area contributed by atoms with Crippen molar-refractivity contribution >= 4 is 11.6 Å². The molecule has 3 nitrogen and oxygen atoms in total. The molecule has 0 heterocycles. The fraction of sp³-hybridized carbons (Fsp3) is 0.500. The van der Waals surface area contributed by atoms with Gasteiger partial charge >= 0.3 is 6.18 Å². The lowest BCUT2D eigenvalue weighted by Gasteiger charge is -2.22. The van der Waals surface area contributed by atoms with Crippen LogP contribution in [0.25, 0.3) is 0 Å². The summed E-state index contributed by atoms with van der Waals surface area (Å²) in [4.78, 5) is 0. The molecular formula is C12H15ClF3NO2. The molecule has 0 aliphatic heterocycles. The van der Waals surface area contributed by atoms with Crippen LogP contribution in [0.5, 0.6) is 11.5 Å². The van der Waals surface area contributed by atoms with Crippen LogP contribution in [0.3, 0.4) is 0 Å². The van der Waals surface area contributed by atoms with Crippen molar-refractivity contribution < 1.29 is 22.6 Å². The Morgan fingerprint density at radius 1 is 1.26 bits per heavy atom. The fourth-order valence-electron chi connectivity index (χ4n) is 1.79. The van der Waals surface area contributed by atoms with Crippen molar-refractivity contribution in [3.05, 3.63) is 22.7 Å². The van der Waals surface area contributed by atoms with Gasteiger partial charge in [0.05, 0.1) is 20.6 Å². The maximum atomic E-state index is 12.5. The molecule has 7 heteroatoms. The van der Waals surface area contributed by atoms with E-state index in [4.69, 9.17) is 21.1 Å². The lowest BCUT2D eigenvalue weighted by molar-refractivity contribution is -0.140. The summed E-state index contributed by atoms with van der Waals surface area (Å²) in [5.41, 5.74) is 0.341. The van der Waals surface area contributed by atoms with Gasteiger partial charge in [-0.05, 0) is 19.2 Å². The third-order valence-corrected chi connectivity index (χ3v) is 3.03. The van der Waals surface area contributed by atoms with Crippen LogP contribution in [0.1, 0.15) is 18.0 Å². The summed E-state index contributed by atoms with van der Waals surface area (Å²) in [7, 11) is 4.23. The van der Waals surface area contributed by atoms with E-state index in [0.717, 1.165) is 0 Å². The molecule has 0 aliphatic carbocycles. The number of nitrogens with one attached hydrogen (secondary N) is 1. The molecule has 0 saturated heterocycles. The van der Waals surface area contributed by atoms with E-state index in [0.29, 0.717) is 11.3 Å². The Labute approximate surface area is 114 Å². The number of alkyl halides is 3. The first-order valence-electron chi connectivity index (χ1n) is 5.48. The lowest BCUT2D eigenvalue weighted by Crippen LogP contribution is -2.24. The molecule has 1 aromatic rings. The average Bonchev–Trinajstić information content (AvgIpc) is 2.34. The van der Waals surface area contributed by atoms with Crippen molar-refractivity contribution in [3.8, 4) is 11.5 Å². The van der Waals surface area contributed by atoms with E-state index in [1.54, 1.807) is 0 Å². The normalized spacial score (nSPS) is 13.2. The highest BCUT2D eigenvalue weighted by atomic mass is 35.5. The molecule has 0 amide bonds. The molecule has 0 saturated carbocycles. The maximum Gasteiger partial charge on any atom is 0.390 e. The largest absolute Gasteiger partial charge is 0.495 e. The molecule has 1 rings (SSSR count). The van der Waals surface area contributed by atoms with Crippen LogP contribution < -0.4 is 14.8 Å². The van der Waals surface area contributed by atoms with E-state index >= 15 is 0 Å². The van der Waals surface area contributed by atoms with Crippen LogP contribution >= 0.6 is 11.6 Å². The number of methoxy groups -OCH3 is 2. The van der Waals surface area contributed by atoms with Gasteiger partial charge < -0.3 is 14.8 Å². The van der Waals surface area contributed by atoms with Gasteiger partial charge in [0.15, 0.2) is 0 Å². The SMILES string of the molecule is CNC(CC(F)(F)F)c1ccc(OC)c(Cl)c1OC. The Morgan fingerprint density at radius 2 is 1.89 bits per heavy atom. The van der Waals surface area contributed by atoms with Crippen molar-refractivity contribution in [1.29, 1.82) is 0 Å². The first-order valence-corrected chi connectivity index (χ1v) is 5.86. The lowest BCUT2D eigenvalue weighted by atomic mass is 10.0. The van der Waals surface area contributed by atoms with Gasteiger partial charge in [0.1, 0.15) is 16.5 Å². The van der Waals surface area contributed by atoms with Crippen LogP contribution in [0.2, 0.25) is 5.02 Å². The molecule has 0 aromatic heterocycles. The predicted molar refractivity (Wildman–Crippen MR) is 67.0 cm³/mol. The van der Waals surface area contributed by atoms with Gasteiger partial charge in [-0.2, -0.15) is 13.2 Å². The summed E-state index contributed by atoms with van der Waals surface area (Å²) in [6.07, 6.45) is -5.30. The number of ether oxygens (including phenoxy) is 2. The van der Waals surface area contributed by atoms with Crippen molar-refractivity contribution in [2.45, 2.75) is 18.6 Å². The predicted octanol–water partition coefficient (Wildman–Crippen LogP) is 3.57. The van der Waals surface area contributed by atoms with Gasteiger partial charge in [0.25, 0.3) is 0 Å². The highest BCUT2D eigenvalue weighted by Gasteiger charge is 2.33. The van der Waals surface area contributed by atoms with E-state index in [1.807, 2.05) is 0 Å². The summed E-state index contributed by atoms with van der Waals surface area (Å²) in [5.74, 6) is 0.536. The molecule has 1 aromatic carbocycles. The second-order valence-corrected chi connectivity index (χ2v) is 4.24. The quantitative estimate of drug-likeness (QED) is 0.901. The zero-order valence-electron chi connectivity index (χ0n) is 10.8. The van der Waals surface area contributed by atoms with Gasteiger partial charge in [-0.25, -0.2) is 0 Å². The zero-order chi connectivity index (χ0) is 14.6. The summed E-state index contributed by atoms with van der Waals surface area (Å²) in [6.45, 7) is 0. The van der Waals surface area contributed by atoms with Gasteiger partial charge in [0, 0.05) is 11.6 Å². The molecule has 19 heavy (non-hydrogen) atoms. The molecular weight excluding hydrogens is 283 g/mol. The molecule has 0 radical (unpaired) electrons. The van der Waals surface area contributed by atoms with Crippen molar-refractivity contribution in [2.24, 2.45) is 0 Å². The molecule has 1 unspecified atom stereocenters. The molecule has 0 bridgehead atoms. The maximum absolute atomic E-state index is 12.5. The highest BCUT2D eigenvalue weighted by Crippen LogP contribution is 2.41. The standard InChI is InChI=1S/C12H15ClF3NO2/c1-17-8(6-12(14,15)16)7-4-5-9(18-2)10(13)11(7)19-3/h4-5,8,17H,6H2,1-3H3. The number of benzene rings is 1. The Bertz CT molecular complexity index is 438. The summed E-state index contributed by atoms with van der Waals surface area (Å²) in [5, 5.41) is 2.77. The van der Waals surface area contributed by atoms with E-state index in [1.165, 1.54) is 33.4 Å². The van der Waals surface area contributed by atoms with Crippen LogP contribution in [0.4, 0.5) is 13.2 Å². The Hall–Kier alpha value is -1.14. The minimum Gasteiger partial charge on any atom is -0.495 e. The molecule has 0 fully saturated rings. The zero-order valence-corrected chi connectivity index (χ0v) is 11.5. The van der Waals surface area contributed by atoms with Gasteiger partial charge in [-0.15, -0.1) is 0 Å². The number of halogens is 4. The van der Waals surface area contributed by atoms with E-state index in [9.17, 15) is 13.2 Å². The van der Waals surface area contributed by atoms with E-state index in [-0.39, 0.29) is 10.8 Å². The smallest absolute Gasteiger partial charge is 0.390 e. The molecule has 108 valence electrons. The first kappa shape index (κ1) is 15.9. The Balaban J connectivity index is 3.21. The van der Waals surface area contributed by atoms with Crippen LogP contribution in [-0.4, -0.2) is 27.4 Å². The monoisotopic (exact) mass is 297 g/mol. The van der Waals surface area contributed by atoms with E-state index < -0.39 is 18.6 Å². The molecule has 0 aliphatic rings. The third-order valence-electron chi connectivity index (χ3n) is 2.68. The Morgan fingerprint density at radius 3 is 2.32 bits per heavy atom. The highest BCUT2D eigenvalue weighted by molar-refractivity contribution is 6.33. The number of rotatable bonds is 5. The number of hydrogen-bond acceptors (Lipinski definition) is 3. The fourth-order valence-corrected chi connectivity index (χ4v) is 2.12. The average molecular weight is 298 g/mol. The molecule has 0 spiro atoms. The summed E-state index contributed by atoms with van der Waals surface area (Å²) >= 11 is 6.03. The summed E-state index contributed by atoms with van der Waals surface area (Å²) < 4.78 is 47.7. The van der Waals surface area contributed by atoms with Crippen molar-refractivity contribution in [2.75, 3.05) is 21.3 Å². The molecule has 1 atom stereocenters. The van der Waals surface area contributed by atoms with Crippen LogP contribution in [-0.2, 0) is 0 Å². The third kappa shape index (κ3) is 3.91. The molecule has 1 N–H and O–H groups in total. The van der Waals surface area contributed by atoms with Crippen molar-refractivity contribution in [3.63, 3.8) is 0 Å². The first-order chi connectivity index (χ1) is 8.84. The summed E-state index contributed by atoms with van der Waals surface area (Å²) in [6, 6.07) is 2.09. The van der Waals surface area contributed by atoms with E-state index in [2.05, 4.69) is 5.32 Å². The topological polar surface area (TPSA) is 30.5 Å². The van der Waals surface area contributed by atoms with Crippen LogP contribution in [0.15, 0.2) is 12.1 Å². The minimum absolute atomic E-state index is 0.157. The second-order valence-electron chi connectivity index (χ2n) is 3.86. The van der Waals surface area contributed by atoms with Crippen molar-refractivity contribution in [1.82, 2.24) is 5.32 Å². The number of hydrogen-bond donors (Lipinski definition) is 1. The van der Waals surface area contributed by atoms with Gasteiger partial charge in [-0.1, -0.05) is 11.6 Å². The Kier molecular flexibility index (Phi) is 5.31. The van der Waals surface area contributed by atoms with Gasteiger partial charge in [0.2, 0.25) is 0 Å². The van der Waals surface area contributed by atoms with Gasteiger partial charge in [-0.3, -0.25) is 0 Å².